The Morgan fingerprint density at radius 3 is 2.60 bits per heavy atom. The second-order valence-electron chi connectivity index (χ2n) is 10.6. The summed E-state index contributed by atoms with van der Waals surface area (Å²) >= 11 is 3.14. The molecular weight excluding hydrogens is 482 g/mol. The molecule has 35 heavy (non-hydrogen) atoms. The summed E-state index contributed by atoms with van der Waals surface area (Å²) in [5.41, 5.74) is 2.82. The molecule has 1 saturated carbocycles. The fourth-order valence-electron chi connectivity index (χ4n) is 5.33. The minimum atomic E-state index is -0.782. The average Bonchev–Trinajstić information content (AvgIpc) is 3.40. The van der Waals surface area contributed by atoms with Crippen molar-refractivity contribution in [2.45, 2.75) is 89.2 Å². The minimum absolute atomic E-state index is 0.0188. The molecule has 1 aliphatic heterocycles. The molecule has 1 saturated heterocycles. The molecule has 1 aliphatic carbocycles. The number of anilines is 1. The first-order valence-electron chi connectivity index (χ1n) is 11.9. The molecule has 2 aliphatic rings. The Bertz CT molecular complexity index is 1260. The highest BCUT2D eigenvalue weighted by atomic mass is 32.2. The molecule has 0 unspecified atom stereocenters. The number of rotatable bonds is 6. The maximum atomic E-state index is 10.5. The third kappa shape index (κ3) is 4.91. The molecule has 0 spiro atoms. The molecular formula is C25H33N5O3S2. The quantitative estimate of drug-likeness (QED) is 0.348. The van der Waals surface area contributed by atoms with Crippen molar-refractivity contribution in [1.82, 2.24) is 19.9 Å². The molecule has 4 atom stereocenters. The number of fused-ring (bicyclic) bond motifs is 2. The van der Waals surface area contributed by atoms with E-state index in [0.717, 1.165) is 44.4 Å². The van der Waals surface area contributed by atoms with Crippen molar-refractivity contribution in [1.29, 1.82) is 0 Å². The van der Waals surface area contributed by atoms with Crippen molar-refractivity contribution in [3.8, 4) is 10.6 Å². The largest absolute Gasteiger partial charge is 0.390 e. The second-order valence-corrected chi connectivity index (χ2v) is 12.4. The van der Waals surface area contributed by atoms with E-state index in [1.54, 1.807) is 11.3 Å². The number of pyridine rings is 1. The molecule has 2 N–H and O–H groups in total. The van der Waals surface area contributed by atoms with E-state index in [1.165, 1.54) is 11.8 Å². The fraction of sp³-hybridized carbons (Fsp3) is 0.600. The number of aliphatic hydroxyl groups is 1. The normalized spacial score (nSPS) is 25.8. The van der Waals surface area contributed by atoms with Crippen LogP contribution < -0.4 is 5.32 Å². The van der Waals surface area contributed by atoms with Gasteiger partial charge in [-0.3, -0.25) is 4.98 Å². The zero-order chi connectivity index (χ0) is 25.1. The number of aryl methyl sites for hydroxylation is 2. The predicted molar refractivity (Wildman–Crippen MR) is 140 cm³/mol. The topological polar surface area (TPSA) is 102 Å². The van der Waals surface area contributed by atoms with Gasteiger partial charge in [0.2, 0.25) is 0 Å². The van der Waals surface area contributed by atoms with Crippen molar-refractivity contribution in [3.63, 3.8) is 0 Å². The van der Waals surface area contributed by atoms with Crippen molar-refractivity contribution < 1.29 is 14.6 Å². The Hall–Kier alpha value is -1.85. The molecule has 3 aromatic heterocycles. The molecule has 10 heteroatoms. The van der Waals surface area contributed by atoms with Gasteiger partial charge in [-0.2, -0.15) is 0 Å². The maximum Gasteiger partial charge on any atom is 0.189 e. The number of nitrogens with one attached hydrogen (secondary N) is 1. The van der Waals surface area contributed by atoms with Gasteiger partial charge in [0.25, 0.3) is 0 Å². The van der Waals surface area contributed by atoms with Crippen LogP contribution in [0, 0.1) is 19.8 Å². The maximum absolute atomic E-state index is 10.5. The summed E-state index contributed by atoms with van der Waals surface area (Å²) in [5, 5.41) is 15.8. The Balaban J connectivity index is 1.54. The first-order chi connectivity index (χ1) is 16.4. The van der Waals surface area contributed by atoms with Crippen LogP contribution in [0.4, 0.5) is 5.82 Å². The molecule has 0 aromatic carbocycles. The highest BCUT2D eigenvalue weighted by Gasteiger charge is 2.54. The van der Waals surface area contributed by atoms with E-state index in [4.69, 9.17) is 24.4 Å². The number of hydrogen-bond acceptors (Lipinski definition) is 10. The van der Waals surface area contributed by atoms with Crippen LogP contribution in [0.1, 0.15) is 51.9 Å². The number of thioether (sulfide) groups is 1. The Morgan fingerprint density at radius 2 is 1.91 bits per heavy atom. The van der Waals surface area contributed by atoms with Crippen LogP contribution >= 0.6 is 23.1 Å². The van der Waals surface area contributed by atoms with Crippen LogP contribution in [-0.4, -0.2) is 60.9 Å². The van der Waals surface area contributed by atoms with Gasteiger partial charge in [-0.15, -0.1) is 11.3 Å². The monoisotopic (exact) mass is 515 g/mol. The lowest BCUT2D eigenvalue weighted by Gasteiger charge is -2.27. The number of ether oxygens (including phenoxy) is 2. The van der Waals surface area contributed by atoms with Crippen LogP contribution in [0.15, 0.2) is 17.4 Å². The highest BCUT2D eigenvalue weighted by Crippen LogP contribution is 2.46. The summed E-state index contributed by atoms with van der Waals surface area (Å²) in [6.45, 7) is 11.6. The van der Waals surface area contributed by atoms with E-state index >= 15 is 0 Å². The van der Waals surface area contributed by atoms with E-state index in [0.29, 0.717) is 11.6 Å². The molecule has 0 radical (unpaired) electrons. The van der Waals surface area contributed by atoms with Gasteiger partial charge in [0.05, 0.1) is 39.4 Å². The minimum Gasteiger partial charge on any atom is -0.390 e. The van der Waals surface area contributed by atoms with Gasteiger partial charge >= 0.3 is 0 Å². The lowest BCUT2D eigenvalue weighted by Crippen LogP contribution is -2.35. The second kappa shape index (κ2) is 8.92. The van der Waals surface area contributed by atoms with Crippen molar-refractivity contribution >= 4 is 39.1 Å². The van der Waals surface area contributed by atoms with Crippen LogP contribution in [0.5, 0.6) is 0 Å². The fourth-order valence-corrected chi connectivity index (χ4v) is 6.85. The van der Waals surface area contributed by atoms with Crippen LogP contribution in [0.3, 0.4) is 0 Å². The summed E-state index contributed by atoms with van der Waals surface area (Å²) in [7, 11) is 0. The third-order valence-electron chi connectivity index (χ3n) is 6.62. The lowest BCUT2D eigenvalue weighted by molar-refractivity contribution is -0.159. The lowest BCUT2D eigenvalue weighted by atomic mass is 9.90. The van der Waals surface area contributed by atoms with E-state index in [1.807, 2.05) is 60.1 Å². The first-order valence-corrected chi connectivity index (χ1v) is 14.0. The Morgan fingerprint density at radius 1 is 1.17 bits per heavy atom. The molecule has 4 heterocycles. The molecule has 0 amide bonds. The summed E-state index contributed by atoms with van der Waals surface area (Å²) < 4.78 is 13.8. The molecule has 2 fully saturated rings. The molecule has 188 valence electrons. The van der Waals surface area contributed by atoms with Gasteiger partial charge < -0.3 is 19.9 Å². The zero-order valence-electron chi connectivity index (χ0n) is 21.2. The van der Waals surface area contributed by atoms with Gasteiger partial charge in [-0.25, -0.2) is 15.0 Å². The highest BCUT2D eigenvalue weighted by molar-refractivity contribution is 7.98. The smallest absolute Gasteiger partial charge is 0.189 e. The number of nitrogens with zero attached hydrogens (tertiary/aromatic N) is 4. The predicted octanol–water partition coefficient (Wildman–Crippen LogP) is 4.97. The Labute approximate surface area is 214 Å². The molecule has 0 bridgehead atoms. The molecule has 5 rings (SSSR count). The van der Waals surface area contributed by atoms with Crippen molar-refractivity contribution in [2.75, 3.05) is 11.6 Å². The van der Waals surface area contributed by atoms with Crippen molar-refractivity contribution in [2.24, 2.45) is 5.92 Å². The van der Waals surface area contributed by atoms with Gasteiger partial charge in [0, 0.05) is 6.20 Å². The van der Waals surface area contributed by atoms with E-state index in [2.05, 4.69) is 10.3 Å². The van der Waals surface area contributed by atoms with Gasteiger partial charge in [0.15, 0.2) is 10.9 Å². The summed E-state index contributed by atoms with van der Waals surface area (Å²) in [5.74, 6) is 0.259. The summed E-state index contributed by atoms with van der Waals surface area (Å²) in [6, 6.07) is 1.98. The van der Waals surface area contributed by atoms with Gasteiger partial charge in [0.1, 0.15) is 22.4 Å². The Kier molecular flexibility index (Phi) is 6.32. The van der Waals surface area contributed by atoms with Crippen LogP contribution in [0.2, 0.25) is 0 Å². The van der Waals surface area contributed by atoms with E-state index in [-0.39, 0.29) is 24.2 Å². The number of aromatic nitrogens is 4. The average molecular weight is 516 g/mol. The first kappa shape index (κ1) is 24.8. The van der Waals surface area contributed by atoms with E-state index in [9.17, 15) is 5.11 Å². The van der Waals surface area contributed by atoms with Crippen molar-refractivity contribution in [3.05, 3.63) is 23.7 Å². The third-order valence-corrected chi connectivity index (χ3v) is 8.21. The zero-order valence-corrected chi connectivity index (χ0v) is 22.9. The van der Waals surface area contributed by atoms with E-state index < -0.39 is 11.4 Å². The summed E-state index contributed by atoms with van der Waals surface area (Å²) in [6.07, 6.45) is 5.03. The standard InChI is InChI=1S/C25H33N5O3S2/c1-12-17(22-29-18-13(2)26-9-8-16(18)35-22)21(30-23(27-12)34-7)28-15-10-14(11-24(3,4)31)19-20(15)33-25(5,6)32-19/h8-9,14-15,19-20,31H,10-11H2,1-7H3,(H,27,28,30)/t14-,15-,19-,20+/m1/s1. The number of thiazole rings is 1. The molecule has 3 aromatic rings. The SMILES string of the molecule is CSc1nc(C)c(-c2nc3c(C)nccc3s2)c(N[C@@H]2C[C@H](CC(C)(C)O)[C@H]3OC(C)(C)O[C@H]32)n1. The number of hydrogen-bond donors (Lipinski definition) is 2. The van der Waals surface area contributed by atoms with Crippen LogP contribution in [-0.2, 0) is 9.47 Å². The molecule has 8 nitrogen and oxygen atoms in total. The summed E-state index contributed by atoms with van der Waals surface area (Å²) in [4.78, 5) is 18.9. The van der Waals surface area contributed by atoms with Crippen LogP contribution in [0.25, 0.3) is 20.8 Å². The van der Waals surface area contributed by atoms with Gasteiger partial charge in [-0.05, 0) is 72.6 Å². The van der Waals surface area contributed by atoms with Gasteiger partial charge in [-0.1, -0.05) is 11.8 Å².